The second-order valence-corrected chi connectivity index (χ2v) is 12.2. The number of hydrogen-bond acceptors (Lipinski definition) is 10. The van der Waals surface area contributed by atoms with Gasteiger partial charge in [0.15, 0.2) is 29.0 Å². The third-order valence-electron chi connectivity index (χ3n) is 7.64. The maximum Gasteiger partial charge on any atom is 0.469 e. The van der Waals surface area contributed by atoms with Crippen molar-refractivity contribution in [3.63, 3.8) is 0 Å². The van der Waals surface area contributed by atoms with Crippen LogP contribution in [0.5, 0.6) is 11.5 Å². The van der Waals surface area contributed by atoms with E-state index >= 15 is 0 Å². The number of methoxy groups -OCH3 is 1. The zero-order valence-electron chi connectivity index (χ0n) is 25.6. The number of hydrogen-bond donors (Lipinski definition) is 5. The molecule has 0 atom stereocenters. The van der Waals surface area contributed by atoms with E-state index < -0.39 is 25.4 Å². The summed E-state index contributed by atoms with van der Waals surface area (Å²) in [4.78, 5) is 41.5. The number of anilines is 3. The molecule has 0 spiro atoms. The number of aromatic amines is 1. The molecule has 1 saturated carbocycles. The fourth-order valence-electron chi connectivity index (χ4n) is 5.44. The van der Waals surface area contributed by atoms with Gasteiger partial charge in [0.2, 0.25) is 11.9 Å². The Hall–Kier alpha value is -4.21. The lowest BCUT2D eigenvalue weighted by molar-refractivity contribution is -0.115. The van der Waals surface area contributed by atoms with E-state index in [4.69, 9.17) is 19.3 Å². The monoisotopic (exact) mass is 675 g/mol. The van der Waals surface area contributed by atoms with Gasteiger partial charge in [-0.3, -0.25) is 19.3 Å². The molecule has 47 heavy (non-hydrogen) atoms. The van der Waals surface area contributed by atoms with Gasteiger partial charge >= 0.3 is 7.82 Å². The van der Waals surface area contributed by atoms with E-state index in [0.717, 1.165) is 31.7 Å². The topological polar surface area (TPSA) is 184 Å². The van der Waals surface area contributed by atoms with E-state index in [1.165, 1.54) is 19.2 Å². The quantitative estimate of drug-likeness (QED) is 0.0817. The van der Waals surface area contributed by atoms with E-state index in [1.54, 1.807) is 24.4 Å². The van der Waals surface area contributed by atoms with E-state index in [-0.39, 0.29) is 24.7 Å². The summed E-state index contributed by atoms with van der Waals surface area (Å²) in [5, 5.41) is 12.9. The number of nitrogens with one attached hydrogen (secondary N) is 3. The van der Waals surface area contributed by atoms with Gasteiger partial charge in [0.25, 0.3) is 0 Å². The standard InChI is InChI=1S/C30H36F2N7O7P/c1-44-25-14-19-18-33-30(36-27-15-20(37-38-27)16-28(40)34-23-9-4-8-22(31)29(23)32)35-24(19)17-26(25)45-12-5-10-39(21-6-2-3-7-21)11-13-46-47(41,42)43/h4,8-9,14-15,17-18,21H,2-3,5-7,10-13,16H2,1H3,(H,34,40)(H2,41,42,43)(H2,33,35,36,37,38). The number of phosphoric acid groups is 1. The highest BCUT2D eigenvalue weighted by molar-refractivity contribution is 7.46. The molecule has 2 heterocycles. The van der Waals surface area contributed by atoms with Crippen molar-refractivity contribution in [1.29, 1.82) is 0 Å². The summed E-state index contributed by atoms with van der Waals surface area (Å²) in [5.74, 6) is -1.18. The Morgan fingerprint density at radius 1 is 1.13 bits per heavy atom. The number of phosphoric ester groups is 1. The number of ether oxygens (including phenoxy) is 2. The van der Waals surface area contributed by atoms with Gasteiger partial charge in [-0.05, 0) is 37.5 Å². The first-order valence-electron chi connectivity index (χ1n) is 15.0. The molecule has 2 aromatic heterocycles. The first-order chi connectivity index (χ1) is 22.6. The van der Waals surface area contributed by atoms with Crippen molar-refractivity contribution >= 4 is 42.1 Å². The normalized spacial score (nSPS) is 13.7. The molecule has 0 bridgehead atoms. The molecule has 14 nitrogen and oxygen atoms in total. The Morgan fingerprint density at radius 3 is 2.70 bits per heavy atom. The third-order valence-corrected chi connectivity index (χ3v) is 8.16. The van der Waals surface area contributed by atoms with Crippen LogP contribution in [0.3, 0.4) is 0 Å². The number of nitrogens with zero attached hydrogens (tertiary/aromatic N) is 4. The lowest BCUT2D eigenvalue weighted by Crippen LogP contribution is -2.37. The summed E-state index contributed by atoms with van der Waals surface area (Å²) < 4.78 is 54.7. The summed E-state index contributed by atoms with van der Waals surface area (Å²) in [7, 11) is -2.98. The van der Waals surface area contributed by atoms with Gasteiger partial charge in [0.05, 0.1) is 37.9 Å². The minimum atomic E-state index is -4.52. The number of carbonyl (C=O) groups is 1. The van der Waals surface area contributed by atoms with Crippen molar-refractivity contribution in [2.75, 3.05) is 44.0 Å². The van der Waals surface area contributed by atoms with E-state index in [2.05, 4.69) is 40.2 Å². The van der Waals surface area contributed by atoms with Crippen LogP contribution in [0, 0.1) is 11.6 Å². The van der Waals surface area contributed by atoms with E-state index in [9.17, 15) is 18.1 Å². The third kappa shape index (κ3) is 9.65. The fraction of sp³-hybridized carbons (Fsp3) is 0.400. The lowest BCUT2D eigenvalue weighted by atomic mass is 10.2. The molecule has 1 fully saturated rings. The summed E-state index contributed by atoms with van der Waals surface area (Å²) in [5.41, 5.74) is 0.742. The maximum absolute atomic E-state index is 13.9. The largest absolute Gasteiger partial charge is 0.493 e. The first-order valence-corrected chi connectivity index (χ1v) is 16.6. The minimum absolute atomic E-state index is 0.0527. The number of H-pyrrole nitrogens is 1. The number of aromatic nitrogens is 4. The van der Waals surface area contributed by atoms with Crippen LogP contribution >= 0.6 is 7.82 Å². The molecular weight excluding hydrogens is 639 g/mol. The highest BCUT2D eigenvalue weighted by Crippen LogP contribution is 2.36. The first kappa shape index (κ1) is 34.1. The van der Waals surface area contributed by atoms with Crippen LogP contribution in [0.15, 0.2) is 42.6 Å². The summed E-state index contributed by atoms with van der Waals surface area (Å²) in [6.45, 7) is 1.41. The molecule has 4 aromatic rings. The number of rotatable bonds is 16. The molecule has 0 radical (unpaired) electrons. The van der Waals surface area contributed by atoms with Gasteiger partial charge < -0.3 is 29.9 Å². The Bertz CT molecular complexity index is 1730. The highest BCUT2D eigenvalue weighted by atomic mass is 31.2. The predicted molar refractivity (Wildman–Crippen MR) is 169 cm³/mol. The van der Waals surface area contributed by atoms with Gasteiger partial charge in [-0.1, -0.05) is 18.9 Å². The van der Waals surface area contributed by atoms with Gasteiger partial charge in [0, 0.05) is 48.5 Å². The number of halogens is 2. The number of amides is 1. The minimum Gasteiger partial charge on any atom is -0.493 e. The van der Waals surface area contributed by atoms with Gasteiger partial charge in [-0.25, -0.2) is 23.3 Å². The number of benzene rings is 2. The smallest absolute Gasteiger partial charge is 0.469 e. The average molecular weight is 676 g/mol. The van der Waals surface area contributed by atoms with Crippen molar-refractivity contribution < 1.29 is 41.9 Å². The van der Waals surface area contributed by atoms with Gasteiger partial charge in [0.1, 0.15) is 0 Å². The second-order valence-electron chi connectivity index (χ2n) is 11.0. The summed E-state index contributed by atoms with van der Waals surface area (Å²) in [6.07, 6.45) is 6.45. The van der Waals surface area contributed by atoms with Crippen LogP contribution in [0.25, 0.3) is 10.9 Å². The maximum atomic E-state index is 13.9. The molecule has 5 N–H and O–H groups in total. The van der Waals surface area contributed by atoms with Crippen LogP contribution < -0.4 is 20.1 Å². The SMILES string of the molecule is COc1cc2cnc(Nc3cc(CC(=O)Nc4cccc(F)c4F)[nH]n3)nc2cc1OCCCN(CCOP(=O)(O)O)C1CCCC1. The van der Waals surface area contributed by atoms with Crippen molar-refractivity contribution in [1.82, 2.24) is 25.1 Å². The molecule has 252 valence electrons. The lowest BCUT2D eigenvalue weighted by Gasteiger charge is -2.28. The molecule has 5 rings (SSSR count). The zero-order chi connectivity index (χ0) is 33.4. The van der Waals surface area contributed by atoms with Gasteiger partial charge in [-0.15, -0.1) is 0 Å². The Morgan fingerprint density at radius 2 is 1.94 bits per heavy atom. The predicted octanol–water partition coefficient (Wildman–Crippen LogP) is 4.69. The fourth-order valence-corrected chi connectivity index (χ4v) is 5.76. The molecule has 0 saturated heterocycles. The Kier molecular flexibility index (Phi) is 11.3. The molecule has 1 aliphatic rings. The average Bonchev–Trinajstić information content (AvgIpc) is 3.72. The summed E-state index contributed by atoms with van der Waals surface area (Å²) >= 11 is 0. The molecule has 17 heteroatoms. The van der Waals surface area contributed by atoms with Crippen LogP contribution in [0.4, 0.5) is 26.2 Å². The van der Waals surface area contributed by atoms with Crippen LogP contribution in [0.1, 0.15) is 37.8 Å². The molecule has 1 aliphatic carbocycles. The van der Waals surface area contributed by atoms with Crippen LogP contribution in [-0.2, 0) is 20.3 Å². The Labute approximate surface area is 269 Å². The molecule has 0 aliphatic heterocycles. The van der Waals surface area contributed by atoms with Gasteiger partial charge in [-0.2, -0.15) is 5.10 Å². The molecular formula is C30H36F2N7O7P. The molecule has 1 amide bonds. The van der Waals surface area contributed by atoms with Crippen LogP contribution in [0.2, 0.25) is 0 Å². The molecule has 0 unspecified atom stereocenters. The van der Waals surface area contributed by atoms with E-state index in [0.29, 0.717) is 66.1 Å². The Balaban J connectivity index is 1.18. The zero-order valence-corrected chi connectivity index (χ0v) is 26.5. The van der Waals surface area contributed by atoms with Crippen molar-refractivity contribution in [2.24, 2.45) is 0 Å². The highest BCUT2D eigenvalue weighted by Gasteiger charge is 2.23. The van der Waals surface area contributed by atoms with Crippen LogP contribution in [-0.4, -0.2) is 80.2 Å². The molecule has 2 aromatic carbocycles. The summed E-state index contributed by atoms with van der Waals surface area (Å²) in [6, 6.07) is 8.96. The van der Waals surface area contributed by atoms with Crippen molar-refractivity contribution in [3.8, 4) is 11.5 Å². The number of fused-ring (bicyclic) bond motifs is 1. The number of carbonyl (C=O) groups excluding carboxylic acids is 1. The van der Waals surface area contributed by atoms with Crippen molar-refractivity contribution in [3.05, 3.63) is 59.9 Å². The van der Waals surface area contributed by atoms with E-state index in [1.807, 2.05) is 0 Å². The second kappa shape index (κ2) is 15.6. The van der Waals surface area contributed by atoms with Crippen molar-refractivity contribution in [2.45, 2.75) is 44.6 Å².